The van der Waals surface area contributed by atoms with Gasteiger partial charge < -0.3 is 10.2 Å². The minimum atomic E-state index is 0.0906. The maximum atomic E-state index is 12.8. The molecule has 0 saturated carbocycles. The number of rotatable bonds is 3. The molecule has 1 aliphatic heterocycles. The summed E-state index contributed by atoms with van der Waals surface area (Å²) < 4.78 is 1.79. The molecule has 0 radical (unpaired) electrons. The molecule has 27 heavy (non-hydrogen) atoms. The Morgan fingerprint density at radius 1 is 1.15 bits per heavy atom. The maximum absolute atomic E-state index is 12.8. The van der Waals surface area contributed by atoms with Crippen LogP contribution in [0.3, 0.4) is 0 Å². The molecule has 3 heterocycles. The van der Waals surface area contributed by atoms with Crippen molar-refractivity contribution in [2.24, 2.45) is 0 Å². The van der Waals surface area contributed by atoms with Crippen molar-refractivity contribution in [3.63, 3.8) is 0 Å². The van der Waals surface area contributed by atoms with Gasteiger partial charge in [0.15, 0.2) is 0 Å². The molecule has 0 aliphatic carbocycles. The van der Waals surface area contributed by atoms with Gasteiger partial charge in [0.05, 0.1) is 0 Å². The zero-order valence-corrected chi connectivity index (χ0v) is 15.5. The lowest BCUT2D eigenvalue weighted by Crippen LogP contribution is -2.52. The lowest BCUT2D eigenvalue weighted by molar-refractivity contribution is 0.0656. The number of aromatic nitrogens is 4. The molecule has 7 heteroatoms. The van der Waals surface area contributed by atoms with Gasteiger partial charge in [-0.1, -0.05) is 12.1 Å². The molecule has 3 aromatic rings. The summed E-state index contributed by atoms with van der Waals surface area (Å²) in [6.07, 6.45) is 5.09. The normalized spacial score (nSPS) is 17.1. The topological polar surface area (TPSA) is 75.9 Å². The van der Waals surface area contributed by atoms with E-state index in [9.17, 15) is 4.79 Å². The zero-order chi connectivity index (χ0) is 18.8. The van der Waals surface area contributed by atoms with Gasteiger partial charge in [0, 0.05) is 43.0 Å². The summed E-state index contributed by atoms with van der Waals surface area (Å²) in [6.45, 7) is 6.51. The number of pyridine rings is 1. The first-order valence-corrected chi connectivity index (χ1v) is 9.07. The van der Waals surface area contributed by atoms with E-state index in [1.54, 1.807) is 17.2 Å². The van der Waals surface area contributed by atoms with Gasteiger partial charge >= 0.3 is 0 Å². The molecule has 1 fully saturated rings. The van der Waals surface area contributed by atoms with Crippen molar-refractivity contribution in [2.75, 3.05) is 19.6 Å². The van der Waals surface area contributed by atoms with Crippen molar-refractivity contribution in [1.29, 1.82) is 0 Å². The van der Waals surface area contributed by atoms with Crippen LogP contribution in [0.2, 0.25) is 0 Å². The van der Waals surface area contributed by atoms with Crippen LogP contribution in [0.5, 0.6) is 0 Å². The van der Waals surface area contributed by atoms with Crippen LogP contribution in [0.1, 0.15) is 22.8 Å². The first kappa shape index (κ1) is 17.4. The number of aryl methyl sites for hydroxylation is 1. The number of nitrogens with one attached hydrogen (secondary N) is 1. The number of benzene rings is 1. The molecular formula is C20H22N6O. The number of hydrogen-bond donors (Lipinski definition) is 1. The minimum Gasteiger partial charge on any atom is -0.333 e. The Bertz CT molecular complexity index is 936. The van der Waals surface area contributed by atoms with Crippen molar-refractivity contribution in [3.8, 4) is 16.9 Å². The second-order valence-corrected chi connectivity index (χ2v) is 6.86. The van der Waals surface area contributed by atoms with E-state index in [-0.39, 0.29) is 11.9 Å². The molecule has 1 aromatic carbocycles. The van der Waals surface area contributed by atoms with Crippen LogP contribution in [-0.2, 0) is 0 Å². The molecule has 1 atom stereocenters. The third-order valence-corrected chi connectivity index (χ3v) is 4.94. The first-order valence-electron chi connectivity index (χ1n) is 9.07. The van der Waals surface area contributed by atoms with Crippen molar-refractivity contribution in [1.82, 2.24) is 30.0 Å². The smallest absolute Gasteiger partial charge is 0.254 e. The van der Waals surface area contributed by atoms with Crippen LogP contribution in [0.25, 0.3) is 16.9 Å². The van der Waals surface area contributed by atoms with Gasteiger partial charge in [-0.25, -0.2) is 4.98 Å². The summed E-state index contributed by atoms with van der Waals surface area (Å²) in [5.41, 5.74) is 3.80. The molecule has 7 nitrogen and oxygen atoms in total. The van der Waals surface area contributed by atoms with Crippen LogP contribution in [0.15, 0.2) is 49.2 Å². The fourth-order valence-corrected chi connectivity index (χ4v) is 3.42. The highest BCUT2D eigenvalue weighted by atomic mass is 16.2. The van der Waals surface area contributed by atoms with Crippen LogP contribution in [0.4, 0.5) is 0 Å². The summed E-state index contributed by atoms with van der Waals surface area (Å²) in [5, 5.41) is 11.0. The number of hydrogen-bond acceptors (Lipinski definition) is 5. The summed E-state index contributed by atoms with van der Waals surface area (Å²) in [6, 6.07) is 10.1. The predicted molar refractivity (Wildman–Crippen MR) is 103 cm³/mol. The van der Waals surface area contributed by atoms with Crippen LogP contribution in [0, 0.1) is 6.92 Å². The van der Waals surface area contributed by atoms with Crippen LogP contribution >= 0.6 is 0 Å². The highest BCUT2D eigenvalue weighted by molar-refractivity contribution is 5.95. The van der Waals surface area contributed by atoms with E-state index in [0.717, 1.165) is 47.7 Å². The van der Waals surface area contributed by atoms with Crippen molar-refractivity contribution < 1.29 is 4.79 Å². The molecule has 2 aromatic heterocycles. The third-order valence-electron chi connectivity index (χ3n) is 4.94. The fraction of sp³-hybridized carbons (Fsp3) is 0.300. The van der Waals surface area contributed by atoms with E-state index in [0.29, 0.717) is 0 Å². The molecule has 1 amide bonds. The Hall–Kier alpha value is -3.06. The standard InChI is InChI=1S/C20H22N6O/c1-14-9-18(11-22-19(14)25-12-23-24-13-25)16-3-5-17(6-4-16)20(27)26-8-7-21-10-15(26)2/h3-6,9,11-13,15,21H,7-8,10H2,1-2H3. The summed E-state index contributed by atoms with van der Waals surface area (Å²) in [4.78, 5) is 19.2. The Kier molecular flexibility index (Phi) is 4.68. The number of carbonyl (C=O) groups excluding carboxylic acids is 1. The van der Waals surface area contributed by atoms with Gasteiger partial charge in [-0.05, 0) is 43.2 Å². The highest BCUT2D eigenvalue weighted by Gasteiger charge is 2.23. The van der Waals surface area contributed by atoms with E-state index in [4.69, 9.17) is 0 Å². The fourth-order valence-electron chi connectivity index (χ4n) is 3.42. The van der Waals surface area contributed by atoms with Crippen molar-refractivity contribution in [3.05, 3.63) is 60.3 Å². The monoisotopic (exact) mass is 362 g/mol. The van der Waals surface area contributed by atoms with Gasteiger partial charge in [0.25, 0.3) is 5.91 Å². The van der Waals surface area contributed by atoms with Gasteiger partial charge in [-0.2, -0.15) is 0 Å². The van der Waals surface area contributed by atoms with Crippen LogP contribution < -0.4 is 5.32 Å². The Morgan fingerprint density at radius 2 is 1.89 bits per heavy atom. The van der Waals surface area contributed by atoms with Crippen LogP contribution in [-0.4, -0.2) is 56.2 Å². The highest BCUT2D eigenvalue weighted by Crippen LogP contribution is 2.23. The van der Waals surface area contributed by atoms with E-state index in [2.05, 4.69) is 33.5 Å². The number of amides is 1. The Morgan fingerprint density at radius 3 is 2.56 bits per heavy atom. The molecule has 138 valence electrons. The van der Waals surface area contributed by atoms with Gasteiger partial charge in [-0.15, -0.1) is 10.2 Å². The number of piperazine rings is 1. The summed E-state index contributed by atoms with van der Waals surface area (Å²) in [5.74, 6) is 0.899. The molecular weight excluding hydrogens is 340 g/mol. The SMILES string of the molecule is Cc1cc(-c2ccc(C(=O)N3CCNCC3C)cc2)cnc1-n1cnnc1. The molecule has 1 aliphatic rings. The lowest BCUT2D eigenvalue weighted by Gasteiger charge is -2.34. The Labute approximate surface area is 158 Å². The average Bonchev–Trinajstić information content (AvgIpc) is 3.22. The third kappa shape index (κ3) is 3.46. The molecule has 0 spiro atoms. The number of nitrogens with zero attached hydrogens (tertiary/aromatic N) is 5. The van der Waals surface area contributed by atoms with E-state index in [1.165, 1.54) is 0 Å². The molecule has 1 unspecified atom stereocenters. The van der Waals surface area contributed by atoms with Crippen molar-refractivity contribution >= 4 is 5.91 Å². The summed E-state index contributed by atoms with van der Waals surface area (Å²) in [7, 11) is 0. The molecule has 0 bridgehead atoms. The lowest BCUT2D eigenvalue weighted by atomic mass is 10.0. The van der Waals surface area contributed by atoms with Gasteiger partial charge in [0.1, 0.15) is 18.5 Å². The average molecular weight is 362 g/mol. The predicted octanol–water partition coefficient (Wildman–Crippen LogP) is 2.07. The van der Waals surface area contributed by atoms with Crippen molar-refractivity contribution in [2.45, 2.75) is 19.9 Å². The molecule has 4 rings (SSSR count). The maximum Gasteiger partial charge on any atom is 0.254 e. The second kappa shape index (κ2) is 7.28. The molecule has 1 saturated heterocycles. The quantitative estimate of drug-likeness (QED) is 0.772. The molecule has 1 N–H and O–H groups in total. The van der Waals surface area contributed by atoms with E-state index >= 15 is 0 Å². The van der Waals surface area contributed by atoms with E-state index < -0.39 is 0 Å². The Balaban J connectivity index is 1.55. The zero-order valence-electron chi connectivity index (χ0n) is 15.5. The minimum absolute atomic E-state index is 0.0906. The largest absolute Gasteiger partial charge is 0.333 e. The number of carbonyl (C=O) groups is 1. The first-order chi connectivity index (χ1) is 13.1. The van der Waals surface area contributed by atoms with Gasteiger partial charge in [-0.3, -0.25) is 9.36 Å². The van der Waals surface area contributed by atoms with Gasteiger partial charge in [0.2, 0.25) is 0 Å². The second-order valence-electron chi connectivity index (χ2n) is 6.86. The van der Waals surface area contributed by atoms with E-state index in [1.807, 2.05) is 42.3 Å². The summed E-state index contributed by atoms with van der Waals surface area (Å²) >= 11 is 0.